The number of ether oxygens (including phenoxy) is 1. The Morgan fingerprint density at radius 1 is 1.43 bits per heavy atom. The molecule has 5 heteroatoms. The van der Waals surface area contributed by atoms with E-state index in [-0.39, 0.29) is 17.8 Å². The fourth-order valence-electron chi connectivity index (χ4n) is 3.40. The van der Waals surface area contributed by atoms with Crippen LogP contribution in [0, 0.1) is 11.3 Å². The van der Waals surface area contributed by atoms with E-state index in [0.29, 0.717) is 26.2 Å². The highest BCUT2D eigenvalue weighted by Crippen LogP contribution is 2.41. The molecule has 2 fully saturated rings. The average Bonchev–Trinajstić information content (AvgIpc) is 2.99. The quantitative estimate of drug-likeness (QED) is 0.833. The Morgan fingerprint density at radius 2 is 2.19 bits per heavy atom. The number of hydrogen-bond donors (Lipinski definition) is 1. The zero-order valence-electron chi connectivity index (χ0n) is 12.2. The topological polar surface area (TPSA) is 58.6 Å². The van der Waals surface area contributed by atoms with E-state index in [1.807, 2.05) is 18.2 Å². The van der Waals surface area contributed by atoms with Gasteiger partial charge in [0.2, 0.25) is 5.91 Å². The minimum atomic E-state index is -0.706. The second kappa shape index (κ2) is 5.48. The summed E-state index contributed by atoms with van der Waals surface area (Å²) < 4.78 is 5.22. The van der Waals surface area contributed by atoms with Crippen molar-refractivity contribution in [2.45, 2.75) is 13.5 Å². The van der Waals surface area contributed by atoms with Crippen molar-refractivity contribution in [3.8, 4) is 0 Å². The molecule has 1 aromatic rings. The molecule has 2 saturated heterocycles. The second-order valence-corrected chi connectivity index (χ2v) is 5.80. The van der Waals surface area contributed by atoms with Gasteiger partial charge in [-0.25, -0.2) is 0 Å². The van der Waals surface area contributed by atoms with Crippen LogP contribution in [0.5, 0.6) is 0 Å². The van der Waals surface area contributed by atoms with Gasteiger partial charge in [-0.3, -0.25) is 14.5 Å². The molecule has 5 nitrogen and oxygen atoms in total. The minimum absolute atomic E-state index is 0.0291. The highest BCUT2D eigenvalue weighted by atomic mass is 16.5. The lowest BCUT2D eigenvalue weighted by Crippen LogP contribution is -2.41. The summed E-state index contributed by atoms with van der Waals surface area (Å²) in [4.78, 5) is 26.5. The summed E-state index contributed by atoms with van der Waals surface area (Å²) in [5.41, 5.74) is 0.485. The van der Waals surface area contributed by atoms with E-state index in [1.165, 1.54) is 5.56 Å². The van der Waals surface area contributed by atoms with Crippen molar-refractivity contribution in [3.63, 3.8) is 0 Å². The Kier molecular flexibility index (Phi) is 3.68. The van der Waals surface area contributed by atoms with Gasteiger partial charge in [0.25, 0.3) is 0 Å². The predicted octanol–water partition coefficient (Wildman–Crippen LogP) is 0.798. The molecular weight excluding hydrogens is 268 g/mol. The molecule has 0 spiro atoms. The van der Waals surface area contributed by atoms with Crippen LogP contribution in [0.3, 0.4) is 0 Å². The van der Waals surface area contributed by atoms with E-state index in [0.717, 1.165) is 6.54 Å². The third kappa shape index (κ3) is 2.42. The van der Waals surface area contributed by atoms with Gasteiger partial charge in [-0.1, -0.05) is 30.3 Å². The second-order valence-electron chi connectivity index (χ2n) is 5.80. The van der Waals surface area contributed by atoms with Crippen molar-refractivity contribution in [2.75, 3.05) is 26.2 Å². The van der Waals surface area contributed by atoms with Crippen molar-refractivity contribution in [1.29, 1.82) is 0 Å². The minimum Gasteiger partial charge on any atom is -0.465 e. The lowest BCUT2D eigenvalue weighted by atomic mass is 9.81. The summed E-state index contributed by atoms with van der Waals surface area (Å²) in [6, 6.07) is 10.1. The van der Waals surface area contributed by atoms with Crippen molar-refractivity contribution in [1.82, 2.24) is 10.2 Å². The summed E-state index contributed by atoms with van der Waals surface area (Å²) in [7, 11) is 0. The fraction of sp³-hybridized carbons (Fsp3) is 0.500. The standard InChI is InChI=1S/C16H20N2O3/c1-2-21-15(20)16-10-17-14(19)13(16)9-18(11-16)8-12-6-4-3-5-7-12/h3-7,13H,2,8-11H2,1H3,(H,17,19)/t13-,16-/m1/s1. The fourth-order valence-corrected chi connectivity index (χ4v) is 3.40. The van der Waals surface area contributed by atoms with Crippen LogP contribution in [0.15, 0.2) is 30.3 Å². The summed E-state index contributed by atoms with van der Waals surface area (Å²) in [6.07, 6.45) is 0. The molecule has 2 atom stereocenters. The maximum atomic E-state index is 12.4. The Balaban J connectivity index is 1.77. The van der Waals surface area contributed by atoms with Gasteiger partial charge < -0.3 is 10.1 Å². The summed E-state index contributed by atoms with van der Waals surface area (Å²) in [5.74, 6) is -0.567. The summed E-state index contributed by atoms with van der Waals surface area (Å²) >= 11 is 0. The van der Waals surface area contributed by atoms with Crippen molar-refractivity contribution in [2.24, 2.45) is 11.3 Å². The van der Waals surface area contributed by atoms with Crippen LogP contribution in [0.1, 0.15) is 12.5 Å². The van der Waals surface area contributed by atoms with Crippen LogP contribution in [-0.4, -0.2) is 43.0 Å². The Labute approximate surface area is 124 Å². The first-order valence-corrected chi connectivity index (χ1v) is 7.37. The molecule has 0 unspecified atom stereocenters. The number of benzene rings is 1. The van der Waals surface area contributed by atoms with Gasteiger partial charge in [-0.05, 0) is 12.5 Å². The van der Waals surface area contributed by atoms with Crippen LogP contribution in [0.25, 0.3) is 0 Å². The van der Waals surface area contributed by atoms with E-state index in [9.17, 15) is 9.59 Å². The number of carbonyl (C=O) groups is 2. The maximum Gasteiger partial charge on any atom is 0.316 e. The average molecular weight is 288 g/mol. The van der Waals surface area contributed by atoms with Gasteiger partial charge in [-0.2, -0.15) is 0 Å². The molecule has 0 bridgehead atoms. The van der Waals surface area contributed by atoms with Crippen molar-refractivity contribution in [3.05, 3.63) is 35.9 Å². The largest absolute Gasteiger partial charge is 0.465 e. The smallest absolute Gasteiger partial charge is 0.316 e. The number of hydrogen-bond acceptors (Lipinski definition) is 4. The number of amides is 1. The first kappa shape index (κ1) is 14.1. The van der Waals surface area contributed by atoms with Gasteiger partial charge >= 0.3 is 5.97 Å². The van der Waals surface area contributed by atoms with E-state index >= 15 is 0 Å². The molecule has 2 heterocycles. The van der Waals surface area contributed by atoms with Gasteiger partial charge in [0.1, 0.15) is 5.41 Å². The summed E-state index contributed by atoms with van der Waals surface area (Å²) in [5, 5.41) is 2.82. The zero-order valence-corrected chi connectivity index (χ0v) is 12.2. The SMILES string of the molecule is CCOC(=O)[C@@]12CNC(=O)[C@H]1CN(Cc1ccccc1)C2. The highest BCUT2D eigenvalue weighted by Gasteiger charge is 2.59. The molecule has 2 aliphatic rings. The number of carbonyl (C=O) groups excluding carboxylic acids is 2. The molecule has 0 saturated carbocycles. The molecule has 1 amide bonds. The number of nitrogens with one attached hydrogen (secondary N) is 1. The number of nitrogens with zero attached hydrogens (tertiary/aromatic N) is 1. The third-order valence-electron chi connectivity index (χ3n) is 4.44. The number of likely N-dealkylation sites (tertiary alicyclic amines) is 1. The molecular formula is C16H20N2O3. The van der Waals surface area contributed by atoms with E-state index in [1.54, 1.807) is 6.92 Å². The third-order valence-corrected chi connectivity index (χ3v) is 4.44. The van der Waals surface area contributed by atoms with Gasteiger partial charge in [0.05, 0.1) is 12.5 Å². The van der Waals surface area contributed by atoms with Crippen molar-refractivity contribution < 1.29 is 14.3 Å². The number of fused-ring (bicyclic) bond motifs is 1. The predicted molar refractivity (Wildman–Crippen MR) is 77.3 cm³/mol. The molecule has 3 rings (SSSR count). The molecule has 2 aliphatic heterocycles. The number of rotatable bonds is 4. The van der Waals surface area contributed by atoms with Crippen molar-refractivity contribution >= 4 is 11.9 Å². The molecule has 0 aliphatic carbocycles. The monoisotopic (exact) mass is 288 g/mol. The first-order valence-electron chi connectivity index (χ1n) is 7.37. The molecule has 0 aromatic heterocycles. The van der Waals surface area contributed by atoms with Gasteiger partial charge in [0, 0.05) is 26.2 Å². The van der Waals surface area contributed by atoms with Gasteiger partial charge in [-0.15, -0.1) is 0 Å². The Morgan fingerprint density at radius 3 is 2.90 bits per heavy atom. The maximum absolute atomic E-state index is 12.4. The van der Waals surface area contributed by atoms with E-state index in [4.69, 9.17) is 4.74 Å². The zero-order chi connectivity index (χ0) is 14.9. The van der Waals surface area contributed by atoms with E-state index < -0.39 is 5.41 Å². The summed E-state index contributed by atoms with van der Waals surface area (Å²) in [6.45, 7) is 4.47. The van der Waals surface area contributed by atoms with Crippen LogP contribution in [0.4, 0.5) is 0 Å². The highest BCUT2D eigenvalue weighted by molar-refractivity contribution is 5.93. The van der Waals surface area contributed by atoms with Crippen LogP contribution >= 0.6 is 0 Å². The number of esters is 1. The Bertz CT molecular complexity index is 546. The molecule has 1 aromatic carbocycles. The first-order chi connectivity index (χ1) is 10.2. The van der Waals surface area contributed by atoms with Crippen LogP contribution < -0.4 is 5.32 Å². The molecule has 0 radical (unpaired) electrons. The molecule has 21 heavy (non-hydrogen) atoms. The normalized spacial score (nSPS) is 28.2. The lowest BCUT2D eigenvalue weighted by Gasteiger charge is -2.24. The molecule has 112 valence electrons. The Hall–Kier alpha value is -1.88. The van der Waals surface area contributed by atoms with Crippen LogP contribution in [0.2, 0.25) is 0 Å². The lowest BCUT2D eigenvalue weighted by molar-refractivity contribution is -0.156. The van der Waals surface area contributed by atoms with E-state index in [2.05, 4.69) is 22.3 Å². The molecule has 1 N–H and O–H groups in total. The van der Waals surface area contributed by atoms with Gasteiger partial charge in [0.15, 0.2) is 0 Å². The van der Waals surface area contributed by atoms with Crippen LogP contribution in [-0.2, 0) is 20.9 Å².